The summed E-state index contributed by atoms with van der Waals surface area (Å²) in [7, 11) is 0. The molecule has 0 spiro atoms. The van der Waals surface area contributed by atoms with Gasteiger partial charge in [-0.2, -0.15) is 0 Å². The number of likely N-dealkylation sites (tertiary alicyclic amines) is 1. The molecule has 9 heteroatoms. The normalized spacial score (nSPS) is 22.3. The van der Waals surface area contributed by atoms with Gasteiger partial charge in [-0.25, -0.2) is 4.39 Å². The number of hydrogen-bond acceptors (Lipinski definition) is 5. The minimum atomic E-state index is -0.494. The molecule has 3 fully saturated rings. The lowest BCUT2D eigenvalue weighted by atomic mass is 9.87. The highest BCUT2D eigenvalue weighted by molar-refractivity contribution is 6.11. The topological polar surface area (TPSA) is 87.5 Å². The standard InChI is InChI=1S/C32H38FN5O3/c1-5-37(18(2)3)31(40)25-15-22(33)6-7-26(25)38-19(4)28(23-8-11-34-17-27(23)38)30(39)20-9-12-36(13-10-20)32(41)29-24-14-21(24)16-35-29/h6-8,11,15,17-18,20-21,24,29,35H,5,9-10,12-14,16H2,1-4H3/t21-,24-,29-/m0/s1. The summed E-state index contributed by atoms with van der Waals surface area (Å²) in [5.74, 6) is 0.394. The Labute approximate surface area is 239 Å². The summed E-state index contributed by atoms with van der Waals surface area (Å²) < 4.78 is 16.4. The van der Waals surface area contributed by atoms with E-state index in [2.05, 4.69) is 10.3 Å². The maximum Gasteiger partial charge on any atom is 0.256 e. The zero-order valence-electron chi connectivity index (χ0n) is 24.2. The van der Waals surface area contributed by atoms with Crippen molar-refractivity contribution in [3.63, 3.8) is 0 Å². The second-order valence-corrected chi connectivity index (χ2v) is 12.0. The second kappa shape index (κ2) is 10.7. The first-order valence-electron chi connectivity index (χ1n) is 14.8. The Bertz CT molecular complexity index is 1520. The average Bonchev–Trinajstić information content (AvgIpc) is 3.52. The SMILES string of the molecule is CCN(C(=O)c1cc(F)ccc1-n1c(C)c(C(=O)C2CCN(C(=O)[C@H]3NC[C@@H]4C[C@@H]43)CC2)c2ccncc21)C(C)C. The van der Waals surface area contributed by atoms with Crippen molar-refractivity contribution < 1.29 is 18.8 Å². The number of pyridine rings is 1. The van der Waals surface area contributed by atoms with Crippen LogP contribution in [0.2, 0.25) is 0 Å². The number of nitrogens with one attached hydrogen (secondary N) is 1. The van der Waals surface area contributed by atoms with Crippen molar-refractivity contribution in [1.82, 2.24) is 24.7 Å². The van der Waals surface area contributed by atoms with Crippen LogP contribution in [-0.4, -0.2) is 75.2 Å². The number of halogens is 1. The van der Waals surface area contributed by atoms with Crippen LogP contribution in [-0.2, 0) is 4.79 Å². The molecular formula is C32H38FN5O3. The Hall–Kier alpha value is -3.59. The third-order valence-electron chi connectivity index (χ3n) is 9.36. The van der Waals surface area contributed by atoms with Crippen LogP contribution in [0.25, 0.3) is 16.6 Å². The summed E-state index contributed by atoms with van der Waals surface area (Å²) in [6.07, 6.45) is 5.73. The van der Waals surface area contributed by atoms with Crippen LogP contribution in [0.4, 0.5) is 4.39 Å². The quantitative estimate of drug-likeness (QED) is 0.435. The van der Waals surface area contributed by atoms with Gasteiger partial charge >= 0.3 is 0 Å². The van der Waals surface area contributed by atoms with Crippen LogP contribution in [0.3, 0.4) is 0 Å². The van der Waals surface area contributed by atoms with Crippen molar-refractivity contribution in [1.29, 1.82) is 0 Å². The Balaban J connectivity index is 1.32. The number of rotatable bonds is 7. The molecule has 0 radical (unpaired) electrons. The van der Waals surface area contributed by atoms with Gasteiger partial charge in [-0.15, -0.1) is 0 Å². The molecule has 2 saturated heterocycles. The van der Waals surface area contributed by atoms with Gasteiger partial charge < -0.3 is 19.7 Å². The lowest BCUT2D eigenvalue weighted by Crippen LogP contribution is -2.49. The van der Waals surface area contributed by atoms with Gasteiger partial charge in [0, 0.05) is 54.4 Å². The van der Waals surface area contributed by atoms with Gasteiger partial charge in [-0.05, 0) is 89.6 Å². The van der Waals surface area contributed by atoms with Gasteiger partial charge in [0.1, 0.15) is 5.82 Å². The number of carbonyl (C=O) groups is 3. The Morgan fingerprint density at radius 2 is 1.93 bits per heavy atom. The van der Waals surface area contributed by atoms with Crippen molar-refractivity contribution in [2.45, 2.75) is 59.0 Å². The monoisotopic (exact) mass is 559 g/mol. The molecule has 3 aliphatic rings. The number of Topliss-reactive ketones (excluding diaryl/α,β-unsaturated/α-hetero) is 1. The Kier molecular flexibility index (Phi) is 7.18. The van der Waals surface area contributed by atoms with Gasteiger partial charge in [0.15, 0.2) is 5.78 Å². The number of amides is 2. The second-order valence-electron chi connectivity index (χ2n) is 12.0. The van der Waals surface area contributed by atoms with Crippen LogP contribution in [0.1, 0.15) is 66.4 Å². The third-order valence-corrected chi connectivity index (χ3v) is 9.36. The molecule has 1 aliphatic carbocycles. The predicted molar refractivity (Wildman–Crippen MR) is 155 cm³/mol. The Morgan fingerprint density at radius 3 is 2.56 bits per heavy atom. The highest BCUT2D eigenvalue weighted by Crippen LogP contribution is 2.45. The van der Waals surface area contributed by atoms with Crippen molar-refractivity contribution in [3.05, 3.63) is 59.3 Å². The van der Waals surface area contributed by atoms with E-state index >= 15 is 0 Å². The molecule has 2 aliphatic heterocycles. The van der Waals surface area contributed by atoms with E-state index in [-0.39, 0.29) is 41.2 Å². The third kappa shape index (κ3) is 4.74. The van der Waals surface area contributed by atoms with Crippen LogP contribution >= 0.6 is 0 Å². The number of carbonyl (C=O) groups excluding carboxylic acids is 3. The number of aromatic nitrogens is 2. The molecular weight excluding hydrogens is 521 g/mol. The number of ketones is 1. The molecule has 0 bridgehead atoms. The minimum absolute atomic E-state index is 0.0400. The highest BCUT2D eigenvalue weighted by atomic mass is 19.1. The van der Waals surface area contributed by atoms with E-state index in [9.17, 15) is 18.8 Å². The highest BCUT2D eigenvalue weighted by Gasteiger charge is 2.52. The first-order valence-corrected chi connectivity index (χ1v) is 14.8. The van der Waals surface area contributed by atoms with Crippen molar-refractivity contribution in [2.75, 3.05) is 26.2 Å². The molecule has 2 aromatic heterocycles. The molecule has 41 heavy (non-hydrogen) atoms. The summed E-state index contributed by atoms with van der Waals surface area (Å²) in [6.45, 7) is 10.2. The van der Waals surface area contributed by atoms with E-state index in [4.69, 9.17) is 0 Å². The van der Waals surface area contributed by atoms with Gasteiger partial charge in [0.05, 0.1) is 29.0 Å². The van der Waals surface area contributed by atoms with Crippen molar-refractivity contribution in [3.8, 4) is 5.69 Å². The Morgan fingerprint density at radius 1 is 1.17 bits per heavy atom. The summed E-state index contributed by atoms with van der Waals surface area (Å²) in [4.78, 5) is 48.8. The molecule has 3 aromatic rings. The van der Waals surface area contributed by atoms with Gasteiger partial charge in [-0.3, -0.25) is 19.4 Å². The maximum absolute atomic E-state index is 14.5. The predicted octanol–water partition coefficient (Wildman–Crippen LogP) is 4.37. The van der Waals surface area contributed by atoms with Gasteiger partial charge in [0.2, 0.25) is 5.91 Å². The molecule has 8 nitrogen and oxygen atoms in total. The van der Waals surface area contributed by atoms with Gasteiger partial charge in [-0.1, -0.05) is 0 Å². The molecule has 1 aromatic carbocycles. The molecule has 1 N–H and O–H groups in total. The molecule has 2 amide bonds. The van der Waals surface area contributed by atoms with Crippen LogP contribution < -0.4 is 5.32 Å². The first kappa shape index (κ1) is 27.6. The smallest absolute Gasteiger partial charge is 0.256 e. The van der Waals surface area contributed by atoms with Crippen molar-refractivity contribution in [2.24, 2.45) is 17.8 Å². The van der Waals surface area contributed by atoms with E-state index in [0.717, 1.165) is 18.4 Å². The fourth-order valence-corrected chi connectivity index (χ4v) is 7.03. The molecule has 216 valence electrons. The number of piperidine rings is 2. The number of nitrogens with zero attached hydrogens (tertiary/aromatic N) is 4. The fourth-order valence-electron chi connectivity index (χ4n) is 7.03. The van der Waals surface area contributed by atoms with E-state index < -0.39 is 5.82 Å². The molecule has 4 heterocycles. The van der Waals surface area contributed by atoms with E-state index in [1.54, 1.807) is 23.4 Å². The molecule has 0 unspecified atom stereocenters. The number of fused-ring (bicyclic) bond motifs is 2. The summed E-state index contributed by atoms with van der Waals surface area (Å²) >= 11 is 0. The van der Waals surface area contributed by atoms with E-state index in [1.807, 2.05) is 43.2 Å². The fraction of sp³-hybridized carbons (Fsp3) is 0.500. The largest absolute Gasteiger partial charge is 0.341 e. The summed E-state index contributed by atoms with van der Waals surface area (Å²) in [5.41, 5.74) is 2.76. The maximum atomic E-state index is 14.5. The summed E-state index contributed by atoms with van der Waals surface area (Å²) in [5, 5.41) is 4.13. The zero-order chi connectivity index (χ0) is 29.0. The van der Waals surface area contributed by atoms with Crippen LogP contribution in [0, 0.1) is 30.5 Å². The molecule has 1 saturated carbocycles. The lowest BCUT2D eigenvalue weighted by molar-refractivity contribution is -0.134. The van der Waals surface area contributed by atoms with Gasteiger partial charge in [0.25, 0.3) is 5.91 Å². The minimum Gasteiger partial charge on any atom is -0.341 e. The lowest BCUT2D eigenvalue weighted by Gasteiger charge is -2.33. The van der Waals surface area contributed by atoms with Crippen LogP contribution in [0.5, 0.6) is 0 Å². The first-order chi connectivity index (χ1) is 19.7. The summed E-state index contributed by atoms with van der Waals surface area (Å²) in [6, 6.07) is 5.94. The average molecular weight is 560 g/mol. The number of benzene rings is 1. The number of hydrogen-bond donors (Lipinski definition) is 1. The van der Waals surface area contributed by atoms with Crippen LogP contribution in [0.15, 0.2) is 36.7 Å². The molecule has 3 atom stereocenters. The van der Waals surface area contributed by atoms with Crippen molar-refractivity contribution >= 4 is 28.5 Å². The van der Waals surface area contributed by atoms with E-state index in [1.165, 1.54) is 12.1 Å². The zero-order valence-corrected chi connectivity index (χ0v) is 24.2. The van der Waals surface area contributed by atoms with E-state index in [0.29, 0.717) is 66.8 Å². The molecule has 6 rings (SSSR count).